The van der Waals surface area contributed by atoms with Crippen molar-refractivity contribution >= 4 is 51.5 Å². The average Bonchev–Trinajstić information content (AvgIpc) is 3.47. The third kappa shape index (κ3) is 5.57. The van der Waals surface area contributed by atoms with Crippen LogP contribution in [-0.2, 0) is 13.1 Å². The van der Waals surface area contributed by atoms with Gasteiger partial charge >= 0.3 is 0 Å². The first-order valence-electron chi connectivity index (χ1n) is 9.18. The lowest BCUT2D eigenvalue weighted by Crippen LogP contribution is -2.37. The predicted molar refractivity (Wildman–Crippen MR) is 128 cm³/mol. The van der Waals surface area contributed by atoms with E-state index in [4.69, 9.17) is 4.42 Å². The number of benzene rings is 1. The minimum atomic E-state index is 0. The summed E-state index contributed by atoms with van der Waals surface area (Å²) in [6.45, 7) is 2.25. The SMILES string of the molecule is CN=C(NCCCn1cccn1)NCc1ccc(-c2nc3ccccc3s2)o1.I. The minimum Gasteiger partial charge on any atom is -0.457 e. The van der Waals surface area contributed by atoms with E-state index in [-0.39, 0.29) is 24.0 Å². The third-order valence-electron chi connectivity index (χ3n) is 4.24. The van der Waals surface area contributed by atoms with Crippen molar-refractivity contribution in [2.24, 2.45) is 4.99 Å². The van der Waals surface area contributed by atoms with Crippen molar-refractivity contribution in [3.63, 3.8) is 0 Å². The molecule has 3 aromatic heterocycles. The zero-order valence-corrected chi connectivity index (χ0v) is 19.2. The number of hydrogen-bond donors (Lipinski definition) is 2. The van der Waals surface area contributed by atoms with Crippen LogP contribution in [0.2, 0.25) is 0 Å². The Bertz CT molecular complexity index is 1020. The smallest absolute Gasteiger partial charge is 0.191 e. The molecule has 0 saturated heterocycles. The summed E-state index contributed by atoms with van der Waals surface area (Å²) >= 11 is 1.64. The van der Waals surface area contributed by atoms with Gasteiger partial charge in [0.2, 0.25) is 0 Å². The Hall–Kier alpha value is -2.40. The number of rotatable bonds is 7. The van der Waals surface area contributed by atoms with Crippen LogP contribution in [0.15, 0.2) is 64.3 Å². The number of halogens is 1. The zero-order chi connectivity index (χ0) is 19.2. The second-order valence-electron chi connectivity index (χ2n) is 6.23. The maximum absolute atomic E-state index is 5.96. The maximum Gasteiger partial charge on any atom is 0.191 e. The van der Waals surface area contributed by atoms with Gasteiger partial charge in [-0.25, -0.2) is 4.98 Å². The summed E-state index contributed by atoms with van der Waals surface area (Å²) in [4.78, 5) is 8.89. The standard InChI is InChI=1S/C20H22N6OS.HI/c1-21-20(22-10-4-12-26-13-5-11-24-26)23-14-15-8-9-17(27-15)19-25-16-6-2-3-7-18(16)28-19;/h2-3,5-9,11,13H,4,10,12,14H2,1H3,(H2,21,22,23);1H. The van der Waals surface area contributed by atoms with Crippen LogP contribution in [0, 0.1) is 0 Å². The van der Waals surface area contributed by atoms with E-state index in [2.05, 4.69) is 31.8 Å². The van der Waals surface area contributed by atoms with Crippen LogP contribution >= 0.6 is 35.3 Å². The van der Waals surface area contributed by atoms with Gasteiger partial charge in [-0.2, -0.15) is 5.10 Å². The quantitative estimate of drug-likeness (QED) is 0.165. The molecule has 4 rings (SSSR count). The largest absolute Gasteiger partial charge is 0.457 e. The van der Waals surface area contributed by atoms with Gasteiger partial charge in [0.15, 0.2) is 16.7 Å². The highest BCUT2D eigenvalue weighted by atomic mass is 127. The molecule has 0 spiro atoms. The summed E-state index contributed by atoms with van der Waals surface area (Å²) in [5.41, 5.74) is 0.998. The highest BCUT2D eigenvalue weighted by molar-refractivity contribution is 14.0. The van der Waals surface area contributed by atoms with Gasteiger partial charge < -0.3 is 15.1 Å². The van der Waals surface area contributed by atoms with Gasteiger partial charge in [-0.1, -0.05) is 12.1 Å². The molecule has 3 heterocycles. The van der Waals surface area contributed by atoms with E-state index in [1.54, 1.807) is 24.6 Å². The summed E-state index contributed by atoms with van der Waals surface area (Å²) in [7, 11) is 1.76. The van der Waals surface area contributed by atoms with Gasteiger partial charge in [0.05, 0.1) is 16.8 Å². The number of furan rings is 1. The van der Waals surface area contributed by atoms with Crippen molar-refractivity contribution in [2.75, 3.05) is 13.6 Å². The van der Waals surface area contributed by atoms with Crippen molar-refractivity contribution in [3.05, 3.63) is 60.6 Å². The second-order valence-corrected chi connectivity index (χ2v) is 7.26. The van der Waals surface area contributed by atoms with Crippen molar-refractivity contribution in [3.8, 4) is 10.8 Å². The molecular formula is C20H23IN6OS. The number of nitrogens with one attached hydrogen (secondary N) is 2. The Morgan fingerprint density at radius 3 is 2.86 bits per heavy atom. The van der Waals surface area contributed by atoms with Gasteiger partial charge in [-0.3, -0.25) is 9.67 Å². The van der Waals surface area contributed by atoms with Crippen molar-refractivity contribution in [1.29, 1.82) is 0 Å². The van der Waals surface area contributed by atoms with Crippen LogP contribution in [0.5, 0.6) is 0 Å². The third-order valence-corrected chi connectivity index (χ3v) is 5.29. The Labute approximate surface area is 190 Å². The van der Waals surface area contributed by atoms with Crippen LogP contribution in [0.3, 0.4) is 0 Å². The summed E-state index contributed by atoms with van der Waals surface area (Å²) in [5, 5.41) is 11.7. The fourth-order valence-electron chi connectivity index (χ4n) is 2.84. The zero-order valence-electron chi connectivity index (χ0n) is 16.0. The summed E-state index contributed by atoms with van der Waals surface area (Å²) < 4.78 is 9.04. The lowest BCUT2D eigenvalue weighted by molar-refractivity contribution is 0.512. The molecule has 2 N–H and O–H groups in total. The summed E-state index contributed by atoms with van der Waals surface area (Å²) in [5.74, 6) is 2.38. The van der Waals surface area contributed by atoms with E-state index in [0.29, 0.717) is 6.54 Å². The highest BCUT2D eigenvalue weighted by Crippen LogP contribution is 2.31. The molecule has 9 heteroatoms. The molecule has 1 aromatic carbocycles. The highest BCUT2D eigenvalue weighted by Gasteiger charge is 2.10. The van der Waals surface area contributed by atoms with E-state index in [9.17, 15) is 0 Å². The molecule has 29 heavy (non-hydrogen) atoms. The van der Waals surface area contributed by atoms with Crippen LogP contribution in [0.1, 0.15) is 12.2 Å². The molecule has 4 aromatic rings. The molecule has 0 atom stereocenters. The van der Waals surface area contributed by atoms with E-state index in [1.807, 2.05) is 47.3 Å². The number of thiazole rings is 1. The Morgan fingerprint density at radius 1 is 1.17 bits per heavy atom. The molecule has 0 fully saturated rings. The molecule has 0 bridgehead atoms. The molecular weight excluding hydrogens is 499 g/mol. The number of para-hydroxylation sites is 1. The Kier molecular flexibility index (Phi) is 7.64. The number of fused-ring (bicyclic) bond motifs is 1. The number of aryl methyl sites for hydroxylation is 1. The molecule has 0 radical (unpaired) electrons. The first-order chi connectivity index (χ1) is 13.8. The average molecular weight is 522 g/mol. The lowest BCUT2D eigenvalue weighted by atomic mass is 10.3. The Balaban J connectivity index is 0.00000240. The van der Waals surface area contributed by atoms with E-state index in [0.717, 1.165) is 52.2 Å². The first-order valence-corrected chi connectivity index (χ1v) is 10.00. The number of guanidine groups is 1. The molecule has 0 aliphatic carbocycles. The van der Waals surface area contributed by atoms with Gasteiger partial charge in [0.25, 0.3) is 0 Å². The van der Waals surface area contributed by atoms with Gasteiger partial charge in [0.1, 0.15) is 5.76 Å². The van der Waals surface area contributed by atoms with Crippen molar-refractivity contribution in [2.45, 2.75) is 19.5 Å². The molecule has 0 unspecified atom stereocenters. The molecule has 152 valence electrons. The monoisotopic (exact) mass is 522 g/mol. The number of nitrogens with zero attached hydrogens (tertiary/aromatic N) is 4. The van der Waals surface area contributed by atoms with Crippen molar-refractivity contribution in [1.82, 2.24) is 25.4 Å². The second kappa shape index (κ2) is 10.4. The molecule has 0 saturated carbocycles. The normalized spacial score (nSPS) is 11.4. The van der Waals surface area contributed by atoms with Gasteiger partial charge in [-0.15, -0.1) is 35.3 Å². The van der Waals surface area contributed by atoms with Crippen LogP contribution in [0.4, 0.5) is 0 Å². The summed E-state index contributed by atoms with van der Waals surface area (Å²) in [6, 6.07) is 14.0. The fraction of sp³-hybridized carbons (Fsp3) is 0.250. The fourth-order valence-corrected chi connectivity index (χ4v) is 3.76. The van der Waals surface area contributed by atoms with E-state index in [1.165, 1.54) is 0 Å². The molecule has 7 nitrogen and oxygen atoms in total. The summed E-state index contributed by atoms with van der Waals surface area (Å²) in [6.07, 6.45) is 4.72. The molecule has 0 aliphatic heterocycles. The molecule has 0 aliphatic rings. The predicted octanol–water partition coefficient (Wildman–Crippen LogP) is 4.13. The minimum absolute atomic E-state index is 0. The van der Waals surface area contributed by atoms with Crippen LogP contribution < -0.4 is 10.6 Å². The number of aliphatic imine (C=N–C) groups is 1. The van der Waals surface area contributed by atoms with Crippen LogP contribution in [-0.4, -0.2) is 34.3 Å². The van der Waals surface area contributed by atoms with Crippen LogP contribution in [0.25, 0.3) is 21.0 Å². The lowest BCUT2D eigenvalue weighted by Gasteiger charge is -2.10. The topological polar surface area (TPSA) is 80.3 Å². The van der Waals surface area contributed by atoms with Gasteiger partial charge in [0, 0.05) is 32.5 Å². The maximum atomic E-state index is 5.96. The van der Waals surface area contributed by atoms with E-state index >= 15 is 0 Å². The molecule has 0 amide bonds. The Morgan fingerprint density at radius 2 is 2.07 bits per heavy atom. The number of hydrogen-bond acceptors (Lipinski definition) is 5. The first kappa shape index (κ1) is 21.3. The van der Waals surface area contributed by atoms with Gasteiger partial charge in [-0.05, 0) is 36.8 Å². The van der Waals surface area contributed by atoms with Crippen molar-refractivity contribution < 1.29 is 4.42 Å². The number of aromatic nitrogens is 3. The van der Waals surface area contributed by atoms with E-state index < -0.39 is 0 Å².